The molecule has 2 N–H and O–H groups in total. The number of aryl methyl sites for hydroxylation is 1. The van der Waals surface area contributed by atoms with Gasteiger partial charge in [0.1, 0.15) is 4.60 Å². The third-order valence-electron chi connectivity index (χ3n) is 2.34. The molecule has 0 saturated heterocycles. The van der Waals surface area contributed by atoms with Crippen molar-refractivity contribution in [1.82, 2.24) is 4.98 Å². The lowest BCUT2D eigenvalue weighted by molar-refractivity contribution is 1.28. The van der Waals surface area contributed by atoms with Crippen LogP contribution in [0.5, 0.6) is 0 Å². The van der Waals surface area contributed by atoms with Crippen LogP contribution in [0.15, 0.2) is 41.1 Å². The van der Waals surface area contributed by atoms with Gasteiger partial charge in [0.2, 0.25) is 0 Å². The van der Waals surface area contributed by atoms with Crippen LogP contribution in [-0.2, 0) is 0 Å². The second-order valence-electron chi connectivity index (χ2n) is 3.41. The van der Waals surface area contributed by atoms with Crippen molar-refractivity contribution >= 4 is 21.6 Å². The molecule has 0 saturated carbocycles. The molecule has 15 heavy (non-hydrogen) atoms. The molecule has 0 aliphatic heterocycles. The molecule has 2 nitrogen and oxygen atoms in total. The number of nitrogens with zero attached hydrogens (tertiary/aromatic N) is 1. The van der Waals surface area contributed by atoms with Crippen LogP contribution in [0, 0.1) is 6.92 Å². The quantitative estimate of drug-likeness (QED) is 0.801. The molecular weight excluding hydrogens is 252 g/mol. The summed E-state index contributed by atoms with van der Waals surface area (Å²) in [6.07, 6.45) is 1.79. The van der Waals surface area contributed by atoms with E-state index >= 15 is 0 Å². The minimum absolute atomic E-state index is 0.742. The molecule has 0 amide bonds. The third kappa shape index (κ3) is 2.02. The molecule has 0 atom stereocenters. The zero-order valence-corrected chi connectivity index (χ0v) is 9.95. The van der Waals surface area contributed by atoms with Gasteiger partial charge < -0.3 is 5.73 Å². The Kier molecular flexibility index (Phi) is 2.73. The fourth-order valence-electron chi connectivity index (χ4n) is 1.54. The highest BCUT2D eigenvalue weighted by atomic mass is 79.9. The van der Waals surface area contributed by atoms with Crippen LogP contribution in [0.1, 0.15) is 5.56 Å². The number of benzene rings is 1. The summed E-state index contributed by atoms with van der Waals surface area (Å²) < 4.78 is 0.761. The Labute approximate surface area is 97.3 Å². The molecule has 76 valence electrons. The number of pyridine rings is 1. The van der Waals surface area contributed by atoms with E-state index in [-0.39, 0.29) is 0 Å². The minimum Gasteiger partial charge on any atom is -0.398 e. The van der Waals surface area contributed by atoms with Gasteiger partial charge in [-0.05, 0) is 40.0 Å². The number of hydrogen-bond donors (Lipinski definition) is 1. The van der Waals surface area contributed by atoms with Crippen molar-refractivity contribution in [1.29, 1.82) is 0 Å². The second kappa shape index (κ2) is 4.03. The van der Waals surface area contributed by atoms with E-state index in [9.17, 15) is 0 Å². The molecule has 0 aliphatic rings. The molecule has 1 heterocycles. The monoisotopic (exact) mass is 262 g/mol. The van der Waals surface area contributed by atoms with E-state index in [1.165, 1.54) is 5.56 Å². The first kappa shape index (κ1) is 10.2. The van der Waals surface area contributed by atoms with Crippen LogP contribution in [0.3, 0.4) is 0 Å². The van der Waals surface area contributed by atoms with Crippen LogP contribution in [-0.4, -0.2) is 4.98 Å². The van der Waals surface area contributed by atoms with Crippen LogP contribution < -0.4 is 5.73 Å². The van der Waals surface area contributed by atoms with E-state index in [4.69, 9.17) is 5.73 Å². The largest absolute Gasteiger partial charge is 0.398 e. The fourth-order valence-corrected chi connectivity index (χ4v) is 1.89. The fraction of sp³-hybridized carbons (Fsp3) is 0.0833. The Balaban J connectivity index is 2.60. The number of aromatic nitrogens is 1. The predicted octanol–water partition coefficient (Wildman–Crippen LogP) is 3.40. The van der Waals surface area contributed by atoms with E-state index in [0.717, 1.165) is 21.4 Å². The van der Waals surface area contributed by atoms with E-state index < -0.39 is 0 Å². The summed E-state index contributed by atoms with van der Waals surface area (Å²) >= 11 is 3.30. The van der Waals surface area contributed by atoms with E-state index in [0.29, 0.717) is 0 Å². The Hall–Kier alpha value is -1.35. The van der Waals surface area contributed by atoms with Gasteiger partial charge in [0.25, 0.3) is 0 Å². The summed E-state index contributed by atoms with van der Waals surface area (Å²) in [4.78, 5) is 4.19. The minimum atomic E-state index is 0.742. The van der Waals surface area contributed by atoms with Crippen molar-refractivity contribution in [2.24, 2.45) is 0 Å². The van der Waals surface area contributed by atoms with Crippen LogP contribution >= 0.6 is 15.9 Å². The smallest absolute Gasteiger partial charge is 0.108 e. The highest BCUT2D eigenvalue weighted by molar-refractivity contribution is 9.10. The lowest BCUT2D eigenvalue weighted by Gasteiger charge is -2.08. The van der Waals surface area contributed by atoms with Gasteiger partial charge in [0, 0.05) is 17.4 Å². The zero-order valence-electron chi connectivity index (χ0n) is 8.37. The molecule has 1 aromatic carbocycles. The molecule has 0 fully saturated rings. The van der Waals surface area contributed by atoms with E-state index in [1.807, 2.05) is 18.2 Å². The molecule has 3 heteroatoms. The van der Waals surface area contributed by atoms with Gasteiger partial charge in [-0.2, -0.15) is 0 Å². The van der Waals surface area contributed by atoms with E-state index in [1.54, 1.807) is 6.20 Å². The molecule has 2 rings (SSSR count). The maximum atomic E-state index is 5.95. The number of nitrogens with two attached hydrogens (primary N) is 1. The number of nitrogen functional groups attached to an aromatic ring is 1. The van der Waals surface area contributed by atoms with Gasteiger partial charge >= 0.3 is 0 Å². The van der Waals surface area contributed by atoms with Crippen molar-refractivity contribution in [2.45, 2.75) is 6.92 Å². The summed E-state index contributed by atoms with van der Waals surface area (Å²) in [7, 11) is 0. The first-order valence-electron chi connectivity index (χ1n) is 4.65. The zero-order chi connectivity index (χ0) is 10.8. The van der Waals surface area contributed by atoms with Crippen LogP contribution in [0.25, 0.3) is 11.1 Å². The third-order valence-corrected chi connectivity index (χ3v) is 2.77. The average molecular weight is 263 g/mol. The van der Waals surface area contributed by atoms with Gasteiger partial charge in [-0.3, -0.25) is 0 Å². The summed E-state index contributed by atoms with van der Waals surface area (Å²) in [6, 6.07) is 9.96. The standard InChI is InChI=1S/C12H11BrN2/c1-8-4-2-3-5-9(8)10-7-15-12(13)6-11(10)14/h2-7H,1H3,(H2,14,15). The topological polar surface area (TPSA) is 38.9 Å². The lowest BCUT2D eigenvalue weighted by atomic mass is 10.0. The number of anilines is 1. The van der Waals surface area contributed by atoms with Gasteiger partial charge in [-0.25, -0.2) is 4.98 Å². The molecule has 0 radical (unpaired) electrons. The van der Waals surface area contributed by atoms with Crippen molar-refractivity contribution in [3.8, 4) is 11.1 Å². The molecular formula is C12H11BrN2. The summed E-state index contributed by atoms with van der Waals surface area (Å²) in [6.45, 7) is 2.07. The second-order valence-corrected chi connectivity index (χ2v) is 4.22. The van der Waals surface area contributed by atoms with Gasteiger partial charge in [0.05, 0.1) is 0 Å². The van der Waals surface area contributed by atoms with Crippen molar-refractivity contribution in [3.05, 3.63) is 46.7 Å². The normalized spacial score (nSPS) is 10.3. The summed E-state index contributed by atoms with van der Waals surface area (Å²) in [5, 5.41) is 0. The Morgan fingerprint density at radius 1 is 1.20 bits per heavy atom. The number of hydrogen-bond acceptors (Lipinski definition) is 2. The predicted molar refractivity (Wildman–Crippen MR) is 66.5 cm³/mol. The van der Waals surface area contributed by atoms with Crippen molar-refractivity contribution < 1.29 is 0 Å². The maximum Gasteiger partial charge on any atom is 0.108 e. The van der Waals surface area contributed by atoms with Gasteiger partial charge in [0.15, 0.2) is 0 Å². The number of rotatable bonds is 1. The molecule has 0 spiro atoms. The SMILES string of the molecule is Cc1ccccc1-c1cnc(Br)cc1N. The Morgan fingerprint density at radius 3 is 2.60 bits per heavy atom. The van der Waals surface area contributed by atoms with Crippen LogP contribution in [0.4, 0.5) is 5.69 Å². The average Bonchev–Trinajstić information content (AvgIpc) is 2.20. The highest BCUT2D eigenvalue weighted by Gasteiger charge is 2.05. The molecule has 0 aliphatic carbocycles. The molecule has 2 aromatic rings. The lowest BCUT2D eigenvalue weighted by Crippen LogP contribution is -1.93. The summed E-state index contributed by atoms with van der Waals surface area (Å²) in [5.74, 6) is 0. The van der Waals surface area contributed by atoms with Gasteiger partial charge in [-0.1, -0.05) is 24.3 Å². The highest BCUT2D eigenvalue weighted by Crippen LogP contribution is 2.29. The van der Waals surface area contributed by atoms with Crippen molar-refractivity contribution in [2.75, 3.05) is 5.73 Å². The maximum absolute atomic E-state index is 5.95. The summed E-state index contributed by atoms with van der Waals surface area (Å²) in [5.41, 5.74) is 10.0. The first-order valence-corrected chi connectivity index (χ1v) is 5.45. The number of halogens is 1. The Bertz CT molecular complexity index is 495. The Morgan fingerprint density at radius 2 is 1.93 bits per heavy atom. The first-order chi connectivity index (χ1) is 7.18. The van der Waals surface area contributed by atoms with Crippen LogP contribution in [0.2, 0.25) is 0 Å². The molecule has 0 bridgehead atoms. The van der Waals surface area contributed by atoms with Crippen molar-refractivity contribution in [3.63, 3.8) is 0 Å². The van der Waals surface area contributed by atoms with E-state index in [2.05, 4.69) is 40.0 Å². The molecule has 0 unspecified atom stereocenters. The molecule has 1 aromatic heterocycles. The van der Waals surface area contributed by atoms with Gasteiger partial charge in [-0.15, -0.1) is 0 Å².